The minimum absolute atomic E-state index is 0.0280. The van der Waals surface area contributed by atoms with Crippen molar-refractivity contribution in [3.05, 3.63) is 83.8 Å². The molecule has 3 rings (SSSR count). The van der Waals surface area contributed by atoms with E-state index in [4.69, 9.17) is 4.42 Å². The molecular weight excluding hydrogens is 366 g/mol. The van der Waals surface area contributed by atoms with Crippen LogP contribution in [0.1, 0.15) is 34.8 Å². The Bertz CT molecular complexity index is 1040. The molecule has 27 heavy (non-hydrogen) atoms. The summed E-state index contributed by atoms with van der Waals surface area (Å²) in [4.78, 5) is 12.5. The largest absolute Gasteiger partial charge is 0.508 e. The minimum Gasteiger partial charge on any atom is -0.508 e. The van der Waals surface area contributed by atoms with Crippen LogP contribution in [0.4, 0.5) is 0 Å². The van der Waals surface area contributed by atoms with E-state index in [2.05, 4.69) is 5.32 Å². The molecule has 0 bridgehead atoms. The second-order valence-corrected chi connectivity index (χ2v) is 8.12. The van der Waals surface area contributed by atoms with E-state index in [0.29, 0.717) is 0 Å². The zero-order chi connectivity index (χ0) is 19.4. The molecule has 0 radical (unpaired) electrons. The Morgan fingerprint density at radius 1 is 1.07 bits per heavy atom. The monoisotopic (exact) mass is 385 g/mol. The van der Waals surface area contributed by atoms with Gasteiger partial charge in [-0.1, -0.05) is 30.3 Å². The maximum atomic E-state index is 12.4. The van der Waals surface area contributed by atoms with E-state index in [9.17, 15) is 18.3 Å². The van der Waals surface area contributed by atoms with E-state index in [1.54, 1.807) is 49.4 Å². The van der Waals surface area contributed by atoms with Gasteiger partial charge in [0, 0.05) is 0 Å². The summed E-state index contributed by atoms with van der Waals surface area (Å²) in [6, 6.07) is 17.2. The number of nitrogens with one attached hydrogen (secondary N) is 1. The molecule has 1 unspecified atom stereocenters. The van der Waals surface area contributed by atoms with Gasteiger partial charge in [-0.05, 0) is 48.9 Å². The molecule has 0 aliphatic rings. The normalized spacial score (nSPS) is 12.5. The molecular formula is C20H19NO5S. The fourth-order valence-corrected chi connectivity index (χ4v) is 3.89. The summed E-state index contributed by atoms with van der Waals surface area (Å²) in [6.45, 7) is 1.77. The maximum Gasteiger partial charge on any atom is 0.287 e. The van der Waals surface area contributed by atoms with Crippen LogP contribution in [0, 0.1) is 0 Å². The van der Waals surface area contributed by atoms with Gasteiger partial charge in [-0.2, -0.15) is 0 Å². The number of phenolic OH excluding ortho intramolecular Hbond substituents is 1. The summed E-state index contributed by atoms with van der Waals surface area (Å²) in [5.74, 6) is -0.463. The predicted octanol–water partition coefficient (Wildman–Crippen LogP) is 3.45. The van der Waals surface area contributed by atoms with Crippen LogP contribution in [0.3, 0.4) is 0 Å². The van der Waals surface area contributed by atoms with Crippen LogP contribution < -0.4 is 5.32 Å². The lowest BCUT2D eigenvalue weighted by molar-refractivity contribution is 0.0910. The summed E-state index contributed by atoms with van der Waals surface area (Å²) in [7, 11) is -3.55. The Hall–Kier alpha value is -3.06. The van der Waals surface area contributed by atoms with Crippen molar-refractivity contribution in [2.75, 3.05) is 0 Å². The molecule has 0 saturated carbocycles. The number of amides is 1. The summed E-state index contributed by atoms with van der Waals surface area (Å²) in [5, 5.41) is 12.3. The molecule has 7 heteroatoms. The number of furan rings is 1. The second-order valence-electron chi connectivity index (χ2n) is 6.13. The first kappa shape index (κ1) is 18.7. The highest BCUT2D eigenvalue weighted by molar-refractivity contribution is 7.90. The minimum atomic E-state index is -3.55. The topological polar surface area (TPSA) is 96.6 Å². The third-order valence-electron chi connectivity index (χ3n) is 4.04. The van der Waals surface area contributed by atoms with Crippen molar-refractivity contribution in [1.29, 1.82) is 0 Å². The van der Waals surface area contributed by atoms with Crippen LogP contribution in [0.25, 0.3) is 0 Å². The molecule has 0 saturated heterocycles. The first-order valence-electron chi connectivity index (χ1n) is 8.31. The van der Waals surface area contributed by atoms with Crippen molar-refractivity contribution in [2.24, 2.45) is 0 Å². The highest BCUT2D eigenvalue weighted by atomic mass is 32.2. The van der Waals surface area contributed by atoms with Gasteiger partial charge in [-0.15, -0.1) is 0 Å². The predicted molar refractivity (Wildman–Crippen MR) is 100 cm³/mol. The highest BCUT2D eigenvalue weighted by Gasteiger charge is 2.20. The molecule has 0 aliphatic heterocycles. The van der Waals surface area contributed by atoms with E-state index < -0.39 is 15.7 Å². The smallest absolute Gasteiger partial charge is 0.287 e. The van der Waals surface area contributed by atoms with Gasteiger partial charge >= 0.3 is 0 Å². The third kappa shape index (κ3) is 4.57. The van der Waals surface area contributed by atoms with Gasteiger partial charge in [0.05, 0.1) is 10.9 Å². The molecule has 1 heterocycles. The van der Waals surface area contributed by atoms with Crippen molar-refractivity contribution in [3.63, 3.8) is 0 Å². The van der Waals surface area contributed by atoms with Crippen LogP contribution >= 0.6 is 0 Å². The summed E-state index contributed by atoms with van der Waals surface area (Å²) in [6.07, 6.45) is 0. The van der Waals surface area contributed by atoms with Gasteiger partial charge in [-0.25, -0.2) is 8.42 Å². The SMILES string of the molecule is CC(NC(=O)c1ccc(CS(=O)(=O)c2ccccc2)o1)c1cccc(O)c1. The molecule has 0 spiro atoms. The number of benzene rings is 2. The number of rotatable bonds is 6. The molecule has 2 aromatic carbocycles. The summed E-state index contributed by atoms with van der Waals surface area (Å²) >= 11 is 0. The third-order valence-corrected chi connectivity index (χ3v) is 5.69. The van der Waals surface area contributed by atoms with E-state index in [1.165, 1.54) is 24.3 Å². The Labute approximate surface area is 157 Å². The molecule has 1 atom stereocenters. The highest BCUT2D eigenvalue weighted by Crippen LogP contribution is 2.20. The standard InChI is InChI=1S/C20H19NO5S/c1-14(15-6-5-7-16(22)12-15)21-20(23)19-11-10-17(26-19)13-27(24,25)18-8-3-2-4-9-18/h2-12,14,22H,13H2,1H3,(H,21,23). The van der Waals surface area contributed by atoms with Crippen molar-refractivity contribution in [1.82, 2.24) is 5.32 Å². The lowest BCUT2D eigenvalue weighted by Gasteiger charge is -2.13. The van der Waals surface area contributed by atoms with E-state index in [0.717, 1.165) is 5.56 Å². The first-order chi connectivity index (χ1) is 12.8. The molecule has 1 aromatic heterocycles. The first-order valence-corrected chi connectivity index (χ1v) is 9.97. The Kier molecular flexibility index (Phi) is 5.32. The van der Waals surface area contributed by atoms with Gasteiger partial charge < -0.3 is 14.8 Å². The summed E-state index contributed by atoms with van der Waals surface area (Å²) < 4.78 is 30.2. The molecule has 140 valence electrons. The van der Waals surface area contributed by atoms with Gasteiger partial charge in [-0.3, -0.25) is 4.79 Å². The fourth-order valence-electron chi connectivity index (χ4n) is 2.62. The number of sulfone groups is 1. The number of hydrogen-bond donors (Lipinski definition) is 2. The average Bonchev–Trinajstić information content (AvgIpc) is 3.10. The number of aromatic hydroxyl groups is 1. The number of hydrogen-bond acceptors (Lipinski definition) is 5. The van der Waals surface area contributed by atoms with E-state index in [-0.39, 0.29) is 34.0 Å². The fraction of sp³-hybridized carbons (Fsp3) is 0.150. The van der Waals surface area contributed by atoms with Crippen LogP contribution in [0.5, 0.6) is 5.75 Å². The molecule has 0 fully saturated rings. The zero-order valence-electron chi connectivity index (χ0n) is 14.6. The lowest BCUT2D eigenvalue weighted by atomic mass is 10.1. The molecule has 1 amide bonds. The summed E-state index contributed by atoms with van der Waals surface area (Å²) in [5.41, 5.74) is 0.738. The quantitative estimate of drug-likeness (QED) is 0.677. The van der Waals surface area contributed by atoms with Gasteiger partial charge in [0.1, 0.15) is 17.3 Å². The second kappa shape index (κ2) is 7.67. The zero-order valence-corrected chi connectivity index (χ0v) is 15.4. The van der Waals surface area contributed by atoms with E-state index in [1.807, 2.05) is 0 Å². The van der Waals surface area contributed by atoms with Gasteiger partial charge in [0.2, 0.25) is 0 Å². The van der Waals surface area contributed by atoms with Gasteiger partial charge in [0.15, 0.2) is 15.6 Å². The Balaban J connectivity index is 1.69. The van der Waals surface area contributed by atoms with E-state index >= 15 is 0 Å². The van der Waals surface area contributed by atoms with Crippen molar-refractivity contribution < 1.29 is 22.7 Å². The average molecular weight is 385 g/mol. The van der Waals surface area contributed by atoms with Crippen molar-refractivity contribution in [3.8, 4) is 5.75 Å². The number of carbonyl (C=O) groups is 1. The Morgan fingerprint density at radius 3 is 2.52 bits per heavy atom. The molecule has 3 aromatic rings. The molecule has 0 aliphatic carbocycles. The number of phenols is 1. The molecule has 6 nitrogen and oxygen atoms in total. The van der Waals surface area contributed by atoms with Crippen LogP contribution in [0.15, 0.2) is 76.0 Å². The number of carbonyl (C=O) groups excluding carboxylic acids is 1. The van der Waals surface area contributed by atoms with Crippen LogP contribution in [-0.4, -0.2) is 19.4 Å². The Morgan fingerprint density at radius 2 is 1.81 bits per heavy atom. The lowest BCUT2D eigenvalue weighted by Crippen LogP contribution is -2.26. The maximum absolute atomic E-state index is 12.4. The van der Waals surface area contributed by atoms with Gasteiger partial charge in [0.25, 0.3) is 5.91 Å². The molecule has 2 N–H and O–H groups in total. The van der Waals surface area contributed by atoms with Crippen molar-refractivity contribution >= 4 is 15.7 Å². The van der Waals surface area contributed by atoms with Crippen LogP contribution in [-0.2, 0) is 15.6 Å². The van der Waals surface area contributed by atoms with Crippen LogP contribution in [0.2, 0.25) is 0 Å². The van der Waals surface area contributed by atoms with Crippen molar-refractivity contribution in [2.45, 2.75) is 23.6 Å².